The summed E-state index contributed by atoms with van der Waals surface area (Å²) in [4.78, 5) is 32.3. The van der Waals surface area contributed by atoms with E-state index in [-0.39, 0.29) is 11.3 Å². The fourth-order valence-corrected chi connectivity index (χ4v) is 5.50. The van der Waals surface area contributed by atoms with Gasteiger partial charge in [-0.15, -0.1) is 11.6 Å². The summed E-state index contributed by atoms with van der Waals surface area (Å²) < 4.78 is 25.5. The number of halogens is 1. The number of carboxylic acids is 2. The van der Waals surface area contributed by atoms with Crippen LogP contribution in [0.5, 0.6) is 0 Å². The molecular formula is C14H14ClNO8S. The van der Waals surface area contributed by atoms with Crippen molar-refractivity contribution in [1.29, 1.82) is 0 Å². The molecule has 2 N–H and O–H groups in total. The third kappa shape index (κ3) is 3.74. The number of carboxylic acid groups (broad SMARTS) is 2. The number of alkyl halides is 1. The Morgan fingerprint density at radius 3 is 2.24 bits per heavy atom. The van der Waals surface area contributed by atoms with Gasteiger partial charge in [0.1, 0.15) is 0 Å². The molecule has 1 aliphatic carbocycles. The largest absolute Gasteiger partial charge is 0.481 e. The van der Waals surface area contributed by atoms with E-state index in [2.05, 4.69) is 0 Å². The van der Waals surface area contributed by atoms with Gasteiger partial charge in [-0.1, -0.05) is 6.07 Å². The second-order valence-corrected chi connectivity index (χ2v) is 8.44. The van der Waals surface area contributed by atoms with E-state index in [0.29, 0.717) is 0 Å². The van der Waals surface area contributed by atoms with Crippen LogP contribution in [-0.2, 0) is 19.4 Å². The summed E-state index contributed by atoms with van der Waals surface area (Å²) in [6, 6.07) is 4.35. The molecule has 0 aliphatic heterocycles. The predicted octanol–water partition coefficient (Wildman–Crippen LogP) is 1.54. The molecule has 1 aromatic rings. The summed E-state index contributed by atoms with van der Waals surface area (Å²) in [7, 11) is -4.18. The first-order valence-electron chi connectivity index (χ1n) is 7.13. The summed E-state index contributed by atoms with van der Waals surface area (Å²) in [6.07, 6.45) is -0.807. The Morgan fingerprint density at radius 1 is 1.16 bits per heavy atom. The first kappa shape index (κ1) is 19.1. The molecular weight excluding hydrogens is 378 g/mol. The highest BCUT2D eigenvalue weighted by Gasteiger charge is 2.48. The van der Waals surface area contributed by atoms with Gasteiger partial charge >= 0.3 is 11.9 Å². The van der Waals surface area contributed by atoms with Crippen molar-refractivity contribution in [3.05, 3.63) is 34.4 Å². The maximum absolute atomic E-state index is 12.8. The highest BCUT2D eigenvalue weighted by molar-refractivity contribution is 7.92. The third-order valence-corrected chi connectivity index (χ3v) is 7.11. The molecule has 0 aromatic heterocycles. The second kappa shape index (κ2) is 6.96. The molecule has 0 spiro atoms. The first-order chi connectivity index (χ1) is 11.6. The summed E-state index contributed by atoms with van der Waals surface area (Å²) in [5.74, 6) is -5.48. The molecule has 1 fully saturated rings. The summed E-state index contributed by atoms with van der Waals surface area (Å²) in [5.41, 5.74) is -0.429. The highest BCUT2D eigenvalue weighted by atomic mass is 35.5. The SMILES string of the molecule is O=C(O)[C@H]1C[C@@H](Cl)[C@@H](S(=O)(=O)c2cccc([N+](=O)[O-])c2)C[C@H]1C(=O)O. The summed E-state index contributed by atoms with van der Waals surface area (Å²) in [6.45, 7) is 0. The van der Waals surface area contributed by atoms with Crippen LogP contribution in [-0.4, -0.2) is 46.1 Å². The number of nitro benzene ring substituents is 1. The number of sulfone groups is 1. The van der Waals surface area contributed by atoms with Crippen molar-refractivity contribution in [3.63, 3.8) is 0 Å². The minimum Gasteiger partial charge on any atom is -0.481 e. The minimum absolute atomic E-state index is 0.327. The lowest BCUT2D eigenvalue weighted by Crippen LogP contribution is -2.46. The van der Waals surface area contributed by atoms with Crippen LogP contribution in [0.15, 0.2) is 29.2 Å². The van der Waals surface area contributed by atoms with Crippen molar-refractivity contribution >= 4 is 39.1 Å². The van der Waals surface area contributed by atoms with E-state index >= 15 is 0 Å². The van der Waals surface area contributed by atoms with Crippen molar-refractivity contribution in [3.8, 4) is 0 Å². The lowest BCUT2D eigenvalue weighted by atomic mass is 9.79. The molecule has 0 bridgehead atoms. The summed E-state index contributed by atoms with van der Waals surface area (Å²) in [5, 5.41) is 26.7. The molecule has 25 heavy (non-hydrogen) atoms. The van der Waals surface area contributed by atoms with Gasteiger partial charge in [-0.05, 0) is 18.9 Å². The Balaban J connectivity index is 2.42. The zero-order valence-electron chi connectivity index (χ0n) is 12.6. The Labute approximate surface area is 147 Å². The van der Waals surface area contributed by atoms with E-state index in [1.807, 2.05) is 0 Å². The third-order valence-electron chi connectivity index (χ3n) is 4.24. The van der Waals surface area contributed by atoms with Crippen LogP contribution in [0.25, 0.3) is 0 Å². The van der Waals surface area contributed by atoms with Crippen LogP contribution >= 0.6 is 11.6 Å². The molecule has 1 saturated carbocycles. The van der Waals surface area contributed by atoms with Crippen LogP contribution < -0.4 is 0 Å². The monoisotopic (exact) mass is 391 g/mol. The number of hydrogen-bond acceptors (Lipinski definition) is 6. The highest BCUT2D eigenvalue weighted by Crippen LogP contribution is 2.39. The normalized spacial score (nSPS) is 26.8. The molecule has 0 heterocycles. The van der Waals surface area contributed by atoms with Crippen LogP contribution in [0.2, 0.25) is 0 Å². The molecule has 0 amide bonds. The van der Waals surface area contributed by atoms with Crippen LogP contribution in [0.4, 0.5) is 5.69 Å². The van der Waals surface area contributed by atoms with Gasteiger partial charge in [-0.2, -0.15) is 0 Å². The van der Waals surface area contributed by atoms with Gasteiger partial charge in [0.25, 0.3) is 5.69 Å². The van der Waals surface area contributed by atoms with E-state index in [4.69, 9.17) is 16.7 Å². The zero-order valence-corrected chi connectivity index (χ0v) is 14.2. The van der Waals surface area contributed by atoms with Crippen LogP contribution in [0, 0.1) is 22.0 Å². The van der Waals surface area contributed by atoms with E-state index in [0.717, 1.165) is 18.2 Å². The molecule has 0 saturated heterocycles. The second-order valence-electron chi connectivity index (χ2n) is 5.71. The Morgan fingerprint density at radius 2 is 1.72 bits per heavy atom. The van der Waals surface area contributed by atoms with Gasteiger partial charge in [0.15, 0.2) is 9.84 Å². The molecule has 11 heteroatoms. The molecule has 4 atom stereocenters. The zero-order chi connectivity index (χ0) is 18.9. The van der Waals surface area contributed by atoms with Gasteiger partial charge in [0, 0.05) is 12.1 Å². The lowest BCUT2D eigenvalue weighted by Gasteiger charge is -2.34. The number of carbonyl (C=O) groups is 2. The summed E-state index contributed by atoms with van der Waals surface area (Å²) >= 11 is 6.06. The van der Waals surface area contributed by atoms with Crippen molar-refractivity contribution in [2.45, 2.75) is 28.4 Å². The van der Waals surface area contributed by atoms with Crippen molar-refractivity contribution in [2.24, 2.45) is 11.8 Å². The van der Waals surface area contributed by atoms with Gasteiger partial charge in [-0.25, -0.2) is 8.42 Å². The van der Waals surface area contributed by atoms with Crippen LogP contribution in [0.3, 0.4) is 0 Å². The van der Waals surface area contributed by atoms with Gasteiger partial charge < -0.3 is 10.2 Å². The maximum atomic E-state index is 12.8. The lowest BCUT2D eigenvalue weighted by molar-refractivity contribution is -0.385. The van der Waals surface area contributed by atoms with Crippen molar-refractivity contribution in [2.75, 3.05) is 0 Å². The number of nitrogens with zero attached hydrogens (tertiary/aromatic N) is 1. The molecule has 1 aliphatic rings. The van der Waals surface area contributed by atoms with Gasteiger partial charge in [0.2, 0.25) is 0 Å². The quantitative estimate of drug-likeness (QED) is 0.435. The first-order valence-corrected chi connectivity index (χ1v) is 9.12. The molecule has 1 aromatic carbocycles. The number of hydrogen-bond donors (Lipinski definition) is 2. The molecule has 136 valence electrons. The molecule has 2 rings (SSSR count). The van der Waals surface area contributed by atoms with E-state index < -0.39 is 61.3 Å². The average molecular weight is 392 g/mol. The predicted molar refractivity (Wildman–Crippen MR) is 85.2 cm³/mol. The Hall–Kier alpha value is -2.20. The average Bonchev–Trinajstić information content (AvgIpc) is 2.54. The number of non-ortho nitro benzene ring substituents is 1. The number of rotatable bonds is 5. The van der Waals surface area contributed by atoms with E-state index in [1.165, 1.54) is 6.07 Å². The van der Waals surface area contributed by atoms with E-state index in [9.17, 15) is 33.2 Å². The topological polar surface area (TPSA) is 152 Å². The standard InChI is InChI=1S/C14H14ClNO8S/c15-11-5-9(13(17)18)10(14(19)20)6-12(11)25(23,24)8-3-1-2-7(4-8)16(21)22/h1-4,9-12H,5-6H2,(H,17,18)(H,19,20)/t9-,10+,11+,12-/m0/s1. The van der Waals surface area contributed by atoms with Crippen molar-refractivity contribution in [1.82, 2.24) is 0 Å². The smallest absolute Gasteiger partial charge is 0.307 e. The van der Waals surface area contributed by atoms with Crippen LogP contribution in [0.1, 0.15) is 12.8 Å². The minimum atomic E-state index is -4.18. The molecule has 0 unspecified atom stereocenters. The number of nitro groups is 1. The maximum Gasteiger partial charge on any atom is 0.307 e. The van der Waals surface area contributed by atoms with E-state index in [1.54, 1.807) is 0 Å². The van der Waals surface area contributed by atoms with Crippen molar-refractivity contribution < 1.29 is 33.1 Å². The Bertz CT molecular complexity index is 824. The number of benzene rings is 1. The molecule has 9 nitrogen and oxygen atoms in total. The Kier molecular flexibility index (Phi) is 5.33. The fourth-order valence-electron chi connectivity index (χ4n) is 2.94. The molecule has 0 radical (unpaired) electrons. The number of aliphatic carboxylic acids is 2. The van der Waals surface area contributed by atoms with Gasteiger partial charge in [0.05, 0.1) is 32.3 Å². The van der Waals surface area contributed by atoms with Gasteiger partial charge in [-0.3, -0.25) is 19.7 Å². The fraction of sp³-hybridized carbons (Fsp3) is 0.429.